The smallest absolute Gasteiger partial charge is 0.332 e. The number of carbonyl (C=O) groups excluding carboxylic acids is 1. The Morgan fingerprint density at radius 3 is 2.21 bits per heavy atom. The predicted octanol–water partition coefficient (Wildman–Crippen LogP) is 2.53. The molecule has 0 fully saturated rings. The van der Waals surface area contributed by atoms with Crippen molar-refractivity contribution in [2.24, 2.45) is 0 Å². The molecule has 1 atom stereocenters. The van der Waals surface area contributed by atoms with Crippen molar-refractivity contribution < 1.29 is 23.7 Å². The molecule has 4 N–H and O–H groups in total. The number of urea groups is 1. The number of carbonyl (C=O) groups is 1. The molecule has 7 nitrogen and oxygen atoms in total. The quantitative estimate of drug-likeness (QED) is 0.574. The van der Waals surface area contributed by atoms with E-state index in [4.69, 9.17) is 9.79 Å². The van der Waals surface area contributed by atoms with E-state index in [0.717, 1.165) is 5.56 Å². The molecule has 0 aliphatic heterocycles. The van der Waals surface area contributed by atoms with E-state index in [2.05, 4.69) is 15.2 Å². The van der Waals surface area contributed by atoms with E-state index < -0.39 is 19.9 Å². The van der Waals surface area contributed by atoms with E-state index in [-0.39, 0.29) is 6.61 Å². The number of hydrogen-bond donors (Lipinski definition) is 4. The van der Waals surface area contributed by atoms with Crippen LogP contribution in [0.5, 0.6) is 0 Å². The normalized spacial score (nSPS) is 12.4. The van der Waals surface area contributed by atoms with Crippen molar-refractivity contribution in [3.8, 4) is 0 Å². The molecule has 0 saturated heterocycles. The molecule has 0 spiro atoms. The summed E-state index contributed by atoms with van der Waals surface area (Å²) >= 11 is 0. The van der Waals surface area contributed by atoms with Gasteiger partial charge in [0.15, 0.2) is 0 Å². The van der Waals surface area contributed by atoms with Crippen LogP contribution in [0.25, 0.3) is 0 Å². The van der Waals surface area contributed by atoms with Crippen LogP contribution in [0, 0.1) is 0 Å². The molecule has 0 aliphatic rings. The predicted molar refractivity (Wildman–Crippen MR) is 90.5 cm³/mol. The molecule has 2 aromatic carbocycles. The van der Waals surface area contributed by atoms with Crippen LogP contribution in [0.15, 0.2) is 60.7 Å². The third-order valence-corrected chi connectivity index (χ3v) is 3.62. The van der Waals surface area contributed by atoms with Gasteiger partial charge in [-0.2, -0.15) is 0 Å². The molecule has 1 unspecified atom stereocenters. The number of rotatable bonds is 7. The van der Waals surface area contributed by atoms with Crippen molar-refractivity contribution in [2.45, 2.75) is 12.5 Å². The average molecular weight is 350 g/mol. The third-order valence-electron chi connectivity index (χ3n) is 3.14. The Hall–Kier alpha value is -2.18. The Bertz CT molecular complexity index is 690. The minimum atomic E-state index is -4.61. The summed E-state index contributed by atoms with van der Waals surface area (Å²) in [4.78, 5) is 29.8. The maximum atomic E-state index is 12.1. The molecule has 2 amide bonds. The number of nitrogens with one attached hydrogen (secondary N) is 2. The maximum Gasteiger partial charge on any atom is 0.469 e. The number of phosphoric acid groups is 1. The van der Waals surface area contributed by atoms with Crippen LogP contribution in [0.1, 0.15) is 5.56 Å². The molecule has 0 aromatic heterocycles. The van der Waals surface area contributed by atoms with Gasteiger partial charge in [0.25, 0.3) is 0 Å². The van der Waals surface area contributed by atoms with E-state index in [0.29, 0.717) is 12.1 Å². The molecule has 0 saturated carbocycles. The molecule has 0 aliphatic carbocycles. The van der Waals surface area contributed by atoms with E-state index in [1.807, 2.05) is 36.4 Å². The summed E-state index contributed by atoms with van der Waals surface area (Å²) in [5.74, 6) is 0. The molecular weight excluding hydrogens is 331 g/mol. The van der Waals surface area contributed by atoms with Gasteiger partial charge < -0.3 is 20.4 Å². The van der Waals surface area contributed by atoms with Crippen LogP contribution in [0.2, 0.25) is 0 Å². The van der Waals surface area contributed by atoms with Crippen molar-refractivity contribution >= 4 is 19.5 Å². The van der Waals surface area contributed by atoms with Gasteiger partial charge >= 0.3 is 13.9 Å². The van der Waals surface area contributed by atoms with E-state index in [9.17, 15) is 9.36 Å². The van der Waals surface area contributed by atoms with E-state index >= 15 is 0 Å². The second kappa shape index (κ2) is 8.61. The maximum absolute atomic E-state index is 12.1. The zero-order valence-electron chi connectivity index (χ0n) is 12.8. The van der Waals surface area contributed by atoms with Gasteiger partial charge in [-0.1, -0.05) is 48.5 Å². The van der Waals surface area contributed by atoms with Gasteiger partial charge in [-0.3, -0.25) is 4.52 Å². The molecule has 8 heteroatoms. The summed E-state index contributed by atoms with van der Waals surface area (Å²) in [5.41, 5.74) is 1.53. The highest BCUT2D eigenvalue weighted by Gasteiger charge is 2.20. The first-order valence-electron chi connectivity index (χ1n) is 7.29. The highest BCUT2D eigenvalue weighted by atomic mass is 31.2. The lowest BCUT2D eigenvalue weighted by molar-refractivity contribution is 0.176. The summed E-state index contributed by atoms with van der Waals surface area (Å²) in [6.07, 6.45) is 0.378. The number of anilines is 1. The standard InChI is InChI=1S/C16H19N2O5P/c19-16(17-14-9-5-2-6-10-14)18-15(12-23-24(20,21)22)11-13-7-3-1-4-8-13/h1-10,15H,11-12H2,(H2,17,18,19)(H2,20,21,22). The first-order valence-corrected chi connectivity index (χ1v) is 8.82. The van der Waals surface area contributed by atoms with Gasteiger partial charge in [0.05, 0.1) is 12.6 Å². The van der Waals surface area contributed by atoms with Crippen molar-refractivity contribution in [2.75, 3.05) is 11.9 Å². The largest absolute Gasteiger partial charge is 0.469 e. The fraction of sp³-hybridized carbons (Fsp3) is 0.188. The Kier molecular flexibility index (Phi) is 6.52. The summed E-state index contributed by atoms with van der Waals surface area (Å²) < 4.78 is 15.4. The Labute approximate surface area is 139 Å². The molecule has 2 rings (SSSR count). The van der Waals surface area contributed by atoms with Gasteiger partial charge in [0.1, 0.15) is 0 Å². The Balaban J connectivity index is 1.98. The molecule has 0 bridgehead atoms. The first-order chi connectivity index (χ1) is 11.4. The van der Waals surface area contributed by atoms with Crippen molar-refractivity contribution in [3.05, 3.63) is 66.2 Å². The second-order valence-corrected chi connectivity index (χ2v) is 6.38. The fourth-order valence-electron chi connectivity index (χ4n) is 2.11. The summed E-state index contributed by atoms with van der Waals surface area (Å²) in [7, 11) is -4.61. The lowest BCUT2D eigenvalue weighted by atomic mass is 10.1. The van der Waals surface area contributed by atoms with Crippen LogP contribution in [0.3, 0.4) is 0 Å². The number of hydrogen-bond acceptors (Lipinski definition) is 3. The van der Waals surface area contributed by atoms with Gasteiger partial charge in [-0.25, -0.2) is 9.36 Å². The number of amides is 2. The molecule has 2 aromatic rings. The average Bonchev–Trinajstić information content (AvgIpc) is 2.54. The summed E-state index contributed by atoms with van der Waals surface area (Å²) in [6, 6.07) is 17.1. The minimum absolute atomic E-state index is 0.304. The van der Waals surface area contributed by atoms with Crippen molar-refractivity contribution in [1.29, 1.82) is 0 Å². The monoisotopic (exact) mass is 350 g/mol. The molecule has 0 radical (unpaired) electrons. The summed E-state index contributed by atoms with van der Waals surface area (Å²) in [5, 5.41) is 5.32. The molecule has 24 heavy (non-hydrogen) atoms. The highest BCUT2D eigenvalue weighted by molar-refractivity contribution is 7.46. The zero-order valence-corrected chi connectivity index (χ0v) is 13.7. The number of benzene rings is 2. The van der Waals surface area contributed by atoms with E-state index in [1.165, 1.54) is 0 Å². The topological polar surface area (TPSA) is 108 Å². The van der Waals surface area contributed by atoms with Crippen LogP contribution in [-0.2, 0) is 15.5 Å². The number of para-hydroxylation sites is 1. The van der Waals surface area contributed by atoms with Crippen LogP contribution in [0.4, 0.5) is 10.5 Å². The van der Waals surface area contributed by atoms with Crippen LogP contribution < -0.4 is 10.6 Å². The van der Waals surface area contributed by atoms with Crippen molar-refractivity contribution in [1.82, 2.24) is 5.32 Å². The molecular formula is C16H19N2O5P. The second-order valence-electron chi connectivity index (χ2n) is 5.14. The molecule has 0 heterocycles. The Morgan fingerprint density at radius 1 is 1.04 bits per heavy atom. The highest BCUT2D eigenvalue weighted by Crippen LogP contribution is 2.35. The van der Waals surface area contributed by atoms with Gasteiger partial charge in [0.2, 0.25) is 0 Å². The van der Waals surface area contributed by atoms with Crippen LogP contribution in [-0.4, -0.2) is 28.5 Å². The molecule has 128 valence electrons. The van der Waals surface area contributed by atoms with Crippen LogP contribution >= 0.6 is 7.82 Å². The SMILES string of the molecule is O=C(Nc1ccccc1)NC(COP(=O)(O)O)Cc1ccccc1. The van der Waals surface area contributed by atoms with Gasteiger partial charge in [-0.05, 0) is 24.1 Å². The zero-order chi connectivity index (χ0) is 17.4. The summed E-state index contributed by atoms with van der Waals surface area (Å²) in [6.45, 7) is -0.304. The third kappa shape index (κ3) is 6.93. The van der Waals surface area contributed by atoms with Crippen molar-refractivity contribution in [3.63, 3.8) is 0 Å². The minimum Gasteiger partial charge on any atom is -0.332 e. The van der Waals surface area contributed by atoms with Gasteiger partial charge in [0, 0.05) is 5.69 Å². The lowest BCUT2D eigenvalue weighted by Gasteiger charge is -2.19. The number of phosphoric ester groups is 1. The Morgan fingerprint density at radius 2 is 1.62 bits per heavy atom. The first kappa shape index (κ1) is 18.2. The van der Waals surface area contributed by atoms with E-state index in [1.54, 1.807) is 24.3 Å². The lowest BCUT2D eigenvalue weighted by Crippen LogP contribution is -2.42. The fourth-order valence-corrected chi connectivity index (χ4v) is 2.49. The van der Waals surface area contributed by atoms with Gasteiger partial charge in [-0.15, -0.1) is 0 Å².